The molecule has 0 saturated carbocycles. The van der Waals surface area contributed by atoms with Crippen molar-refractivity contribution in [2.24, 2.45) is 0 Å². The van der Waals surface area contributed by atoms with Gasteiger partial charge in [0.2, 0.25) is 5.89 Å². The molecule has 3 aromatic rings. The number of rotatable bonds is 3. The third-order valence-corrected chi connectivity index (χ3v) is 3.41. The summed E-state index contributed by atoms with van der Waals surface area (Å²) in [5, 5.41) is 4.58. The van der Waals surface area contributed by atoms with Gasteiger partial charge in [-0.15, -0.1) is 0 Å². The van der Waals surface area contributed by atoms with Crippen molar-refractivity contribution in [3.8, 4) is 0 Å². The highest BCUT2D eigenvalue weighted by Crippen LogP contribution is 2.24. The lowest BCUT2D eigenvalue weighted by Gasteiger charge is -2.03. The van der Waals surface area contributed by atoms with E-state index in [2.05, 4.69) is 10.3 Å². The molecule has 0 aliphatic carbocycles. The zero-order valence-electron chi connectivity index (χ0n) is 10.8. The minimum Gasteiger partial charge on any atom is -0.438 e. The van der Waals surface area contributed by atoms with Crippen LogP contribution in [0.4, 0.5) is 5.69 Å². The van der Waals surface area contributed by atoms with Crippen LogP contribution in [0, 0.1) is 6.92 Å². The molecule has 3 rings (SSSR count). The number of oxazole rings is 1. The average molecular weight is 307 g/mol. The highest BCUT2D eigenvalue weighted by Gasteiger charge is 2.09. The molecule has 0 aliphatic rings. The Morgan fingerprint density at radius 3 is 2.80 bits per heavy atom. The van der Waals surface area contributed by atoms with Crippen LogP contribution in [0.3, 0.4) is 0 Å². The van der Waals surface area contributed by atoms with E-state index in [1.807, 2.05) is 37.3 Å². The lowest BCUT2D eigenvalue weighted by atomic mass is 10.2. The Kier molecular flexibility index (Phi) is 3.55. The molecule has 0 amide bonds. The first kappa shape index (κ1) is 13.3. The highest BCUT2D eigenvalue weighted by atomic mass is 35.5. The molecule has 3 nitrogen and oxygen atoms in total. The number of anilines is 1. The molecule has 102 valence electrons. The Balaban J connectivity index is 1.83. The number of aryl methyl sites for hydroxylation is 1. The molecule has 0 spiro atoms. The van der Waals surface area contributed by atoms with Gasteiger partial charge < -0.3 is 9.73 Å². The van der Waals surface area contributed by atoms with Crippen LogP contribution in [0.2, 0.25) is 10.0 Å². The number of hydrogen-bond acceptors (Lipinski definition) is 3. The van der Waals surface area contributed by atoms with Gasteiger partial charge in [-0.05, 0) is 42.8 Å². The molecular formula is C15H12Cl2N2O. The van der Waals surface area contributed by atoms with E-state index in [0.29, 0.717) is 22.5 Å². The van der Waals surface area contributed by atoms with E-state index in [9.17, 15) is 0 Å². The van der Waals surface area contributed by atoms with Crippen LogP contribution in [0.5, 0.6) is 0 Å². The molecule has 0 radical (unpaired) electrons. The van der Waals surface area contributed by atoms with Crippen molar-refractivity contribution in [2.45, 2.75) is 13.5 Å². The van der Waals surface area contributed by atoms with Crippen molar-refractivity contribution < 1.29 is 4.42 Å². The zero-order chi connectivity index (χ0) is 14.1. The molecule has 5 heteroatoms. The summed E-state index contributed by atoms with van der Waals surface area (Å²) >= 11 is 11.9. The monoisotopic (exact) mass is 306 g/mol. The highest BCUT2D eigenvalue weighted by molar-refractivity contribution is 6.31. The van der Waals surface area contributed by atoms with Crippen LogP contribution in [-0.4, -0.2) is 4.98 Å². The lowest BCUT2D eigenvalue weighted by molar-refractivity contribution is 0.539. The third-order valence-electron chi connectivity index (χ3n) is 2.95. The minimum atomic E-state index is 0.492. The number of fused-ring (bicyclic) bond motifs is 1. The predicted octanol–water partition coefficient (Wildman–Crippen LogP) is 5.06. The molecule has 0 fully saturated rings. The minimum absolute atomic E-state index is 0.492. The maximum atomic E-state index is 6.01. The van der Waals surface area contributed by atoms with Gasteiger partial charge in [-0.1, -0.05) is 29.3 Å². The molecule has 0 aliphatic heterocycles. The lowest BCUT2D eigenvalue weighted by Crippen LogP contribution is -1.99. The second-order valence-corrected chi connectivity index (χ2v) is 5.42. The second-order valence-electron chi connectivity index (χ2n) is 4.54. The summed E-state index contributed by atoms with van der Waals surface area (Å²) in [6, 6.07) is 11.2. The SMILES string of the molecule is Cc1cc(Cl)cc2nc(CNc3cccc(Cl)c3)oc12. The summed E-state index contributed by atoms with van der Waals surface area (Å²) in [6.07, 6.45) is 0. The van der Waals surface area contributed by atoms with Crippen LogP contribution < -0.4 is 5.32 Å². The van der Waals surface area contributed by atoms with E-state index < -0.39 is 0 Å². The van der Waals surface area contributed by atoms with Crippen molar-refractivity contribution in [1.82, 2.24) is 4.98 Å². The molecule has 0 atom stereocenters. The Bertz CT molecular complexity index is 768. The molecule has 20 heavy (non-hydrogen) atoms. The van der Waals surface area contributed by atoms with Crippen molar-refractivity contribution in [3.63, 3.8) is 0 Å². The third kappa shape index (κ3) is 2.74. The molecule has 2 aromatic carbocycles. The number of nitrogens with one attached hydrogen (secondary N) is 1. The molecule has 1 heterocycles. The summed E-state index contributed by atoms with van der Waals surface area (Å²) in [5.41, 5.74) is 3.46. The first-order valence-corrected chi connectivity index (χ1v) is 6.92. The van der Waals surface area contributed by atoms with E-state index in [1.165, 1.54) is 0 Å². The normalized spacial score (nSPS) is 10.9. The fraction of sp³-hybridized carbons (Fsp3) is 0.133. The molecule has 1 aromatic heterocycles. The predicted molar refractivity (Wildman–Crippen MR) is 82.5 cm³/mol. The van der Waals surface area contributed by atoms with Crippen LogP contribution >= 0.6 is 23.2 Å². The van der Waals surface area contributed by atoms with Gasteiger partial charge in [-0.2, -0.15) is 0 Å². The van der Waals surface area contributed by atoms with Gasteiger partial charge >= 0.3 is 0 Å². The molecule has 1 N–H and O–H groups in total. The Labute approximate surface area is 126 Å². The Morgan fingerprint density at radius 2 is 2.00 bits per heavy atom. The first-order chi connectivity index (χ1) is 9.61. The first-order valence-electron chi connectivity index (χ1n) is 6.17. The summed E-state index contributed by atoms with van der Waals surface area (Å²) in [7, 11) is 0. The fourth-order valence-corrected chi connectivity index (χ4v) is 2.51. The standard InChI is InChI=1S/C15H12Cl2N2O/c1-9-5-11(17)7-13-15(9)20-14(19-13)8-18-12-4-2-3-10(16)6-12/h2-7,18H,8H2,1H3. The summed E-state index contributed by atoms with van der Waals surface area (Å²) < 4.78 is 5.74. The molecular weight excluding hydrogens is 295 g/mol. The van der Waals surface area contributed by atoms with Crippen molar-refractivity contribution in [2.75, 3.05) is 5.32 Å². The van der Waals surface area contributed by atoms with Crippen LogP contribution in [0.15, 0.2) is 40.8 Å². The topological polar surface area (TPSA) is 38.1 Å². The van der Waals surface area contributed by atoms with Gasteiger partial charge in [0, 0.05) is 15.7 Å². The van der Waals surface area contributed by atoms with E-state index in [1.54, 1.807) is 6.07 Å². The van der Waals surface area contributed by atoms with Gasteiger partial charge in [-0.3, -0.25) is 0 Å². The smallest absolute Gasteiger partial charge is 0.214 e. The number of hydrogen-bond donors (Lipinski definition) is 1. The molecule has 0 bridgehead atoms. The number of halogens is 2. The van der Waals surface area contributed by atoms with Gasteiger partial charge in [0.15, 0.2) is 5.58 Å². The number of benzene rings is 2. The Morgan fingerprint density at radius 1 is 1.15 bits per heavy atom. The molecule has 0 saturated heterocycles. The summed E-state index contributed by atoms with van der Waals surface area (Å²) in [4.78, 5) is 4.43. The fourth-order valence-electron chi connectivity index (χ4n) is 2.05. The zero-order valence-corrected chi connectivity index (χ0v) is 12.3. The summed E-state index contributed by atoms with van der Waals surface area (Å²) in [6.45, 7) is 2.44. The van der Waals surface area contributed by atoms with Gasteiger partial charge in [0.05, 0.1) is 6.54 Å². The quantitative estimate of drug-likeness (QED) is 0.735. The van der Waals surface area contributed by atoms with E-state index in [-0.39, 0.29) is 0 Å². The van der Waals surface area contributed by atoms with E-state index >= 15 is 0 Å². The van der Waals surface area contributed by atoms with Crippen LogP contribution in [-0.2, 0) is 6.54 Å². The van der Waals surface area contributed by atoms with Gasteiger partial charge in [-0.25, -0.2) is 4.98 Å². The van der Waals surface area contributed by atoms with Gasteiger partial charge in [0.1, 0.15) is 5.52 Å². The number of nitrogens with zero attached hydrogens (tertiary/aromatic N) is 1. The number of aromatic nitrogens is 1. The van der Waals surface area contributed by atoms with Crippen molar-refractivity contribution >= 4 is 40.0 Å². The van der Waals surface area contributed by atoms with Crippen molar-refractivity contribution in [3.05, 3.63) is 57.9 Å². The second kappa shape index (κ2) is 5.35. The largest absolute Gasteiger partial charge is 0.438 e. The van der Waals surface area contributed by atoms with Gasteiger partial charge in [0.25, 0.3) is 0 Å². The summed E-state index contributed by atoms with van der Waals surface area (Å²) in [5.74, 6) is 0.616. The Hall–Kier alpha value is -1.71. The van der Waals surface area contributed by atoms with Crippen LogP contribution in [0.25, 0.3) is 11.1 Å². The van der Waals surface area contributed by atoms with Crippen molar-refractivity contribution in [1.29, 1.82) is 0 Å². The van der Waals surface area contributed by atoms with E-state index in [0.717, 1.165) is 22.4 Å². The van der Waals surface area contributed by atoms with E-state index in [4.69, 9.17) is 27.6 Å². The maximum Gasteiger partial charge on any atom is 0.214 e. The van der Waals surface area contributed by atoms with Crippen LogP contribution in [0.1, 0.15) is 11.5 Å². The maximum absolute atomic E-state index is 6.01. The molecule has 0 unspecified atom stereocenters. The average Bonchev–Trinajstić information content (AvgIpc) is 2.80.